The Labute approximate surface area is 211 Å². The summed E-state index contributed by atoms with van der Waals surface area (Å²) >= 11 is 0. The van der Waals surface area contributed by atoms with Gasteiger partial charge >= 0.3 is 0 Å². The molecule has 0 radical (unpaired) electrons. The van der Waals surface area contributed by atoms with Gasteiger partial charge in [-0.25, -0.2) is 0 Å². The van der Waals surface area contributed by atoms with Crippen molar-refractivity contribution < 1.29 is 19.1 Å². The lowest BCUT2D eigenvalue weighted by Gasteiger charge is -2.22. The number of fused-ring (bicyclic) bond motifs is 2. The Balaban J connectivity index is 1.24. The van der Waals surface area contributed by atoms with E-state index in [1.54, 1.807) is 6.26 Å². The van der Waals surface area contributed by atoms with E-state index in [1.807, 2.05) is 24.4 Å². The maximum atomic E-state index is 12.4. The van der Waals surface area contributed by atoms with Gasteiger partial charge in [-0.2, -0.15) is 0 Å². The van der Waals surface area contributed by atoms with E-state index in [0.717, 1.165) is 46.9 Å². The second kappa shape index (κ2) is 10.9. The van der Waals surface area contributed by atoms with Crippen LogP contribution in [0.4, 0.5) is 0 Å². The third kappa shape index (κ3) is 5.73. The van der Waals surface area contributed by atoms with Crippen molar-refractivity contribution in [3.05, 3.63) is 60.2 Å². The monoisotopic (exact) mass is 487 g/mol. The predicted molar refractivity (Wildman–Crippen MR) is 140 cm³/mol. The molecular formula is C29H33N3O4. The van der Waals surface area contributed by atoms with Gasteiger partial charge < -0.3 is 25.1 Å². The van der Waals surface area contributed by atoms with E-state index in [4.69, 9.17) is 9.47 Å². The number of hydrogen-bond donors (Lipinski definition) is 3. The van der Waals surface area contributed by atoms with Gasteiger partial charge in [0.15, 0.2) is 17.3 Å². The zero-order valence-electron chi connectivity index (χ0n) is 20.7. The maximum Gasteiger partial charge on any atom is 0.220 e. The fourth-order valence-corrected chi connectivity index (χ4v) is 5.09. The highest BCUT2D eigenvalue weighted by Crippen LogP contribution is 2.37. The molecule has 2 aromatic carbocycles. The Kier molecular flexibility index (Phi) is 7.26. The molecule has 2 amide bonds. The molecule has 1 aromatic heterocycles. The van der Waals surface area contributed by atoms with E-state index in [1.165, 1.54) is 26.2 Å². The van der Waals surface area contributed by atoms with E-state index in [-0.39, 0.29) is 11.8 Å². The number of rotatable bonds is 8. The summed E-state index contributed by atoms with van der Waals surface area (Å²) in [6.07, 6.45) is 11.0. The number of amides is 2. The number of nitrogens with one attached hydrogen (secondary N) is 3. The van der Waals surface area contributed by atoms with Gasteiger partial charge in [-0.05, 0) is 66.1 Å². The number of ether oxygens (including phenoxy) is 2. The van der Waals surface area contributed by atoms with E-state index >= 15 is 0 Å². The molecule has 2 heterocycles. The molecule has 7 nitrogen and oxygen atoms in total. The topological polar surface area (TPSA) is 92.5 Å². The lowest BCUT2D eigenvalue weighted by atomic mass is 9.87. The summed E-state index contributed by atoms with van der Waals surface area (Å²) in [7, 11) is 0. The molecule has 3 aromatic rings. The quantitative estimate of drug-likeness (QED) is 0.407. The third-order valence-corrected chi connectivity index (χ3v) is 7.03. The Morgan fingerprint density at radius 1 is 1.00 bits per heavy atom. The number of carbonyl (C=O) groups excluding carboxylic acids is 2. The summed E-state index contributed by atoms with van der Waals surface area (Å²) in [5.74, 6) is 2.41. The summed E-state index contributed by atoms with van der Waals surface area (Å²) in [6, 6.07) is 12.2. The first-order valence-corrected chi connectivity index (χ1v) is 12.8. The fraction of sp³-hybridized carbons (Fsp3) is 0.379. The van der Waals surface area contributed by atoms with Crippen LogP contribution >= 0.6 is 0 Å². The van der Waals surface area contributed by atoms with Gasteiger partial charge in [-0.3, -0.25) is 9.59 Å². The lowest BCUT2D eigenvalue weighted by molar-refractivity contribution is -0.122. The van der Waals surface area contributed by atoms with Gasteiger partial charge in [0.1, 0.15) is 6.26 Å². The van der Waals surface area contributed by atoms with Gasteiger partial charge in [-0.15, -0.1) is 0 Å². The first-order valence-electron chi connectivity index (χ1n) is 12.8. The van der Waals surface area contributed by atoms with Crippen LogP contribution in [-0.4, -0.2) is 29.9 Å². The maximum absolute atomic E-state index is 12.4. The number of aromatic amines is 1. The average Bonchev–Trinajstić information content (AvgIpc) is 3.29. The van der Waals surface area contributed by atoms with Crippen LogP contribution in [0.3, 0.4) is 0 Å². The average molecular weight is 488 g/mol. The van der Waals surface area contributed by atoms with Crippen molar-refractivity contribution in [2.75, 3.05) is 13.1 Å². The molecule has 5 rings (SSSR count). The van der Waals surface area contributed by atoms with Gasteiger partial charge in [-0.1, -0.05) is 31.4 Å². The van der Waals surface area contributed by atoms with Crippen molar-refractivity contribution in [3.63, 3.8) is 0 Å². The molecule has 0 saturated heterocycles. The van der Waals surface area contributed by atoms with Crippen molar-refractivity contribution in [1.29, 1.82) is 0 Å². The van der Waals surface area contributed by atoms with Crippen LogP contribution in [0.25, 0.3) is 22.0 Å². The summed E-state index contributed by atoms with van der Waals surface area (Å²) in [6.45, 7) is 2.44. The minimum atomic E-state index is -0.0241. The van der Waals surface area contributed by atoms with Crippen LogP contribution in [0.5, 0.6) is 11.5 Å². The highest BCUT2D eigenvalue weighted by atomic mass is 16.6. The second-order valence-electron chi connectivity index (χ2n) is 9.76. The van der Waals surface area contributed by atoms with Crippen LogP contribution in [0.1, 0.15) is 51.0 Å². The lowest BCUT2D eigenvalue weighted by Crippen LogP contribution is -2.30. The van der Waals surface area contributed by atoms with E-state index in [0.29, 0.717) is 42.7 Å². The van der Waals surface area contributed by atoms with E-state index in [9.17, 15) is 9.59 Å². The van der Waals surface area contributed by atoms with Gasteiger partial charge in [0.25, 0.3) is 0 Å². The predicted octanol–water partition coefficient (Wildman–Crippen LogP) is 5.21. The molecule has 1 aliphatic carbocycles. The highest BCUT2D eigenvalue weighted by Gasteiger charge is 2.19. The zero-order chi connectivity index (χ0) is 24.9. The summed E-state index contributed by atoms with van der Waals surface area (Å²) in [4.78, 5) is 26.9. The molecule has 0 unspecified atom stereocenters. The van der Waals surface area contributed by atoms with Gasteiger partial charge in [0.05, 0.1) is 6.54 Å². The minimum absolute atomic E-state index is 0.0241. The third-order valence-electron chi connectivity index (χ3n) is 7.03. The largest absolute Gasteiger partial charge is 0.457 e. The summed E-state index contributed by atoms with van der Waals surface area (Å²) in [5, 5.41) is 6.97. The second-order valence-corrected chi connectivity index (χ2v) is 9.76. The smallest absolute Gasteiger partial charge is 0.220 e. The van der Waals surface area contributed by atoms with Crippen LogP contribution in [-0.2, 0) is 16.0 Å². The highest BCUT2D eigenvalue weighted by molar-refractivity contribution is 5.88. The Morgan fingerprint density at radius 3 is 2.64 bits per heavy atom. The number of benzene rings is 2. The van der Waals surface area contributed by atoms with E-state index < -0.39 is 0 Å². The minimum Gasteiger partial charge on any atom is -0.457 e. The molecule has 0 spiro atoms. The summed E-state index contributed by atoms with van der Waals surface area (Å²) < 4.78 is 11.9. The van der Waals surface area contributed by atoms with Crippen molar-refractivity contribution in [1.82, 2.24) is 15.6 Å². The summed E-state index contributed by atoms with van der Waals surface area (Å²) in [5.41, 5.74) is 4.29. The number of hydrogen-bond acceptors (Lipinski definition) is 4. The fourth-order valence-electron chi connectivity index (χ4n) is 5.09. The Morgan fingerprint density at radius 2 is 1.81 bits per heavy atom. The van der Waals surface area contributed by atoms with Crippen LogP contribution < -0.4 is 20.1 Å². The zero-order valence-corrected chi connectivity index (χ0v) is 20.7. The molecule has 0 atom stereocenters. The SMILES string of the molecule is CC(=O)NCCc1c[nH]c2ccc(-c3ccc4c(c3)OC(CNC(=O)CC3CCCCC3)=CO4)cc12. The van der Waals surface area contributed by atoms with Crippen molar-refractivity contribution in [2.24, 2.45) is 5.92 Å². The molecule has 36 heavy (non-hydrogen) atoms. The van der Waals surface area contributed by atoms with Crippen LogP contribution in [0, 0.1) is 5.92 Å². The number of H-pyrrole nitrogens is 1. The van der Waals surface area contributed by atoms with Crippen molar-refractivity contribution >= 4 is 22.7 Å². The Hall–Kier alpha value is -3.74. The molecule has 3 N–H and O–H groups in total. The first-order chi connectivity index (χ1) is 17.5. The van der Waals surface area contributed by atoms with Crippen molar-refractivity contribution in [2.45, 2.75) is 51.9 Å². The molecular weight excluding hydrogens is 454 g/mol. The molecule has 1 aliphatic heterocycles. The first kappa shape index (κ1) is 24.0. The molecule has 1 fully saturated rings. The van der Waals surface area contributed by atoms with Gasteiger partial charge in [0.2, 0.25) is 11.8 Å². The molecule has 188 valence electrons. The molecule has 2 aliphatic rings. The van der Waals surface area contributed by atoms with Crippen LogP contribution in [0.15, 0.2) is 54.6 Å². The normalized spacial score (nSPS) is 15.4. The van der Waals surface area contributed by atoms with Crippen LogP contribution in [0.2, 0.25) is 0 Å². The molecule has 7 heteroatoms. The molecule has 0 bridgehead atoms. The van der Waals surface area contributed by atoms with E-state index in [2.05, 4.69) is 33.8 Å². The standard InChI is InChI=1S/C29H33N3O4/c1-19(33)30-12-11-23-16-31-26-9-7-21(14-25(23)26)22-8-10-27-28(15-22)36-24(18-35-27)17-32-29(34)13-20-5-3-2-4-6-20/h7-10,14-16,18,20,31H,2-6,11-13,17H2,1H3,(H,30,33)(H,32,34). The number of carbonyl (C=O) groups is 2. The number of aromatic nitrogens is 1. The molecule has 1 saturated carbocycles. The Bertz CT molecular complexity index is 1290. The van der Waals surface area contributed by atoms with Crippen molar-refractivity contribution in [3.8, 4) is 22.6 Å². The van der Waals surface area contributed by atoms with Gasteiger partial charge in [0, 0.05) is 37.0 Å².